The summed E-state index contributed by atoms with van der Waals surface area (Å²) >= 11 is 5.52. The summed E-state index contributed by atoms with van der Waals surface area (Å²) in [6.07, 6.45) is -1.07. The maximum atomic E-state index is 12.8. The van der Waals surface area contributed by atoms with E-state index >= 15 is 0 Å². The number of oxime groups is 1. The Hall–Kier alpha value is -2.85. The molecule has 0 saturated carbocycles. The van der Waals surface area contributed by atoms with Crippen LogP contribution in [-0.2, 0) is 24.0 Å². The Labute approximate surface area is 190 Å². The standard InChI is InChI=1S/C15H15BrN6O7S2/c1-28-21-6(5-9(16)31-14(17)20-5)10(23)19-7-11(24)22-8(13(25)26)4(2-29-15(18)27)3-30-12(7)22/h7,12H,2-3H2,1H3,(H2,17,20)(H2,18,27)(H,19,23)(H,25,26)/t7?,12-/m1/s1. The van der Waals surface area contributed by atoms with Gasteiger partial charge in [0.15, 0.2) is 10.8 Å². The molecule has 0 aromatic carbocycles. The number of halogens is 1. The van der Waals surface area contributed by atoms with Crippen LogP contribution >= 0.6 is 39.0 Å². The number of carboxylic acid groups (broad SMARTS) is 1. The van der Waals surface area contributed by atoms with Gasteiger partial charge >= 0.3 is 12.1 Å². The molecule has 31 heavy (non-hydrogen) atoms. The van der Waals surface area contributed by atoms with Crippen LogP contribution in [0.2, 0.25) is 0 Å². The Morgan fingerprint density at radius 2 is 2.16 bits per heavy atom. The first-order chi connectivity index (χ1) is 14.6. The molecule has 6 N–H and O–H groups in total. The number of aromatic nitrogens is 1. The maximum Gasteiger partial charge on any atom is 0.404 e. The summed E-state index contributed by atoms with van der Waals surface area (Å²) in [4.78, 5) is 57.8. The highest BCUT2D eigenvalue weighted by Crippen LogP contribution is 2.40. The zero-order valence-corrected chi connectivity index (χ0v) is 18.9. The zero-order valence-electron chi connectivity index (χ0n) is 15.7. The van der Waals surface area contributed by atoms with Crippen molar-refractivity contribution in [3.05, 3.63) is 20.8 Å². The molecule has 1 unspecified atom stereocenters. The average Bonchev–Trinajstić information content (AvgIpc) is 3.04. The van der Waals surface area contributed by atoms with Crippen LogP contribution in [0.5, 0.6) is 0 Å². The summed E-state index contributed by atoms with van der Waals surface area (Å²) in [6, 6.07) is -1.01. The molecule has 13 nitrogen and oxygen atoms in total. The first kappa shape index (κ1) is 22.8. The van der Waals surface area contributed by atoms with Crippen LogP contribution in [0.1, 0.15) is 5.69 Å². The van der Waals surface area contributed by atoms with Crippen molar-refractivity contribution in [2.45, 2.75) is 11.4 Å². The highest BCUT2D eigenvalue weighted by Gasteiger charge is 2.54. The summed E-state index contributed by atoms with van der Waals surface area (Å²) in [7, 11) is 1.24. The summed E-state index contributed by atoms with van der Waals surface area (Å²) in [6.45, 7) is -0.360. The fraction of sp³-hybridized carbons (Fsp3) is 0.333. The number of hydrogen-bond donors (Lipinski definition) is 4. The van der Waals surface area contributed by atoms with Crippen LogP contribution in [0.3, 0.4) is 0 Å². The second-order valence-corrected chi connectivity index (χ2v) is 9.48. The van der Waals surface area contributed by atoms with Gasteiger partial charge < -0.3 is 31.5 Å². The van der Waals surface area contributed by atoms with Gasteiger partial charge in [-0.15, -0.1) is 11.8 Å². The number of thiazole rings is 1. The molecule has 0 spiro atoms. The first-order valence-electron chi connectivity index (χ1n) is 8.32. The monoisotopic (exact) mass is 534 g/mol. The minimum absolute atomic E-state index is 0.138. The van der Waals surface area contributed by atoms with Crippen molar-refractivity contribution in [2.24, 2.45) is 10.9 Å². The minimum atomic E-state index is -1.37. The molecule has 2 aliphatic heterocycles. The predicted molar refractivity (Wildman–Crippen MR) is 113 cm³/mol. The lowest BCUT2D eigenvalue weighted by molar-refractivity contribution is -0.150. The Kier molecular flexibility index (Phi) is 6.71. The number of nitrogens with one attached hydrogen (secondary N) is 1. The number of rotatable bonds is 7. The summed E-state index contributed by atoms with van der Waals surface area (Å²) in [5, 5.41) is 15.3. The van der Waals surface area contributed by atoms with Gasteiger partial charge in [-0.2, -0.15) is 0 Å². The van der Waals surface area contributed by atoms with E-state index in [9.17, 15) is 24.3 Å². The van der Waals surface area contributed by atoms with Gasteiger partial charge in [0.05, 0.1) is 0 Å². The fourth-order valence-corrected chi connectivity index (χ4v) is 5.57. The molecule has 1 aromatic heterocycles. The second kappa shape index (κ2) is 9.11. The van der Waals surface area contributed by atoms with Crippen molar-refractivity contribution < 1.29 is 33.9 Å². The van der Waals surface area contributed by atoms with Crippen molar-refractivity contribution in [3.63, 3.8) is 0 Å². The molecule has 0 radical (unpaired) electrons. The number of primary amides is 1. The van der Waals surface area contributed by atoms with E-state index in [1.54, 1.807) is 0 Å². The number of carbonyl (C=O) groups excluding carboxylic acids is 3. The Bertz CT molecular complexity index is 1030. The Morgan fingerprint density at radius 3 is 2.71 bits per heavy atom. The lowest BCUT2D eigenvalue weighted by Crippen LogP contribution is -2.71. The van der Waals surface area contributed by atoms with Crippen LogP contribution in [0.15, 0.2) is 20.2 Å². The number of nitrogens with two attached hydrogens (primary N) is 2. The second-order valence-electron chi connectivity index (χ2n) is 6.02. The van der Waals surface area contributed by atoms with E-state index in [1.807, 2.05) is 0 Å². The van der Waals surface area contributed by atoms with Gasteiger partial charge in [-0.1, -0.05) is 16.5 Å². The van der Waals surface area contributed by atoms with Crippen molar-refractivity contribution >= 4 is 73.7 Å². The molecule has 0 bridgehead atoms. The number of thioether (sulfide) groups is 1. The molecule has 16 heteroatoms. The largest absolute Gasteiger partial charge is 0.477 e. The average molecular weight is 535 g/mol. The number of nitrogens with zero attached hydrogens (tertiary/aromatic N) is 3. The number of carboxylic acids is 1. The third kappa shape index (κ3) is 4.45. The number of carbonyl (C=O) groups is 4. The lowest BCUT2D eigenvalue weighted by atomic mass is 10.0. The molecule has 3 rings (SSSR count). The fourth-order valence-electron chi connectivity index (χ4n) is 2.91. The number of nitrogen functional groups attached to an aromatic ring is 1. The Morgan fingerprint density at radius 1 is 1.45 bits per heavy atom. The number of amides is 3. The van der Waals surface area contributed by atoms with Crippen LogP contribution in [-0.4, -0.2) is 75.5 Å². The lowest BCUT2D eigenvalue weighted by Gasteiger charge is -2.49. The van der Waals surface area contributed by atoms with Crippen LogP contribution < -0.4 is 16.8 Å². The van der Waals surface area contributed by atoms with Gasteiger partial charge in [0, 0.05) is 11.3 Å². The van der Waals surface area contributed by atoms with Crippen molar-refractivity contribution in [3.8, 4) is 0 Å². The third-order valence-corrected chi connectivity index (χ3v) is 7.02. The third-order valence-electron chi connectivity index (χ3n) is 4.15. The molecule has 1 aromatic rings. The highest BCUT2D eigenvalue weighted by molar-refractivity contribution is 9.11. The van der Waals surface area contributed by atoms with E-state index in [4.69, 9.17) is 16.3 Å². The quantitative estimate of drug-likeness (QED) is 0.204. The van der Waals surface area contributed by atoms with Crippen LogP contribution in [0, 0.1) is 0 Å². The number of anilines is 1. The summed E-state index contributed by atoms with van der Waals surface area (Å²) in [5.74, 6) is -2.61. The van der Waals surface area contributed by atoms with E-state index in [0.29, 0.717) is 3.79 Å². The van der Waals surface area contributed by atoms with E-state index in [2.05, 4.69) is 36.1 Å². The molecule has 2 aliphatic rings. The topological polar surface area (TPSA) is 200 Å². The van der Waals surface area contributed by atoms with Gasteiger partial charge in [-0.3, -0.25) is 14.5 Å². The number of aliphatic carboxylic acids is 1. The highest BCUT2D eigenvalue weighted by atomic mass is 79.9. The molecular weight excluding hydrogens is 520 g/mol. The minimum Gasteiger partial charge on any atom is -0.477 e. The molecule has 3 heterocycles. The van der Waals surface area contributed by atoms with Crippen molar-refractivity contribution in [1.29, 1.82) is 0 Å². The summed E-state index contributed by atoms with van der Waals surface area (Å²) < 4.78 is 5.11. The first-order valence-corrected chi connectivity index (χ1v) is 11.0. The zero-order chi connectivity index (χ0) is 22.9. The van der Waals surface area contributed by atoms with Gasteiger partial charge in [0.1, 0.15) is 40.3 Å². The van der Waals surface area contributed by atoms with Gasteiger partial charge in [-0.25, -0.2) is 14.6 Å². The van der Waals surface area contributed by atoms with Crippen LogP contribution in [0.4, 0.5) is 9.93 Å². The molecule has 1 fully saturated rings. The van der Waals surface area contributed by atoms with E-state index in [1.165, 1.54) is 18.9 Å². The molecule has 3 amide bonds. The van der Waals surface area contributed by atoms with E-state index in [-0.39, 0.29) is 40.2 Å². The predicted octanol–water partition coefficient (Wildman–Crippen LogP) is -0.328. The van der Waals surface area contributed by atoms with Gasteiger partial charge in [0.2, 0.25) is 0 Å². The van der Waals surface area contributed by atoms with E-state index in [0.717, 1.165) is 16.2 Å². The molecule has 166 valence electrons. The smallest absolute Gasteiger partial charge is 0.404 e. The molecule has 2 atom stereocenters. The number of β-lactam (4-membered cyclic amide) rings is 1. The number of ether oxygens (including phenoxy) is 1. The molecule has 0 aliphatic carbocycles. The van der Waals surface area contributed by atoms with Gasteiger partial charge in [-0.05, 0) is 15.9 Å². The maximum absolute atomic E-state index is 12.8. The number of hydrogen-bond acceptors (Lipinski definition) is 11. The Balaban J connectivity index is 1.79. The van der Waals surface area contributed by atoms with Crippen molar-refractivity contribution in [1.82, 2.24) is 15.2 Å². The summed E-state index contributed by atoms with van der Waals surface area (Å²) in [5.41, 5.74) is 10.4. The van der Waals surface area contributed by atoms with Crippen LogP contribution in [0.25, 0.3) is 0 Å². The molecule has 1 saturated heterocycles. The van der Waals surface area contributed by atoms with Crippen molar-refractivity contribution in [2.75, 3.05) is 25.2 Å². The number of fused-ring (bicyclic) bond motifs is 1. The normalized spacial score (nSPS) is 20.6. The van der Waals surface area contributed by atoms with E-state index < -0.39 is 35.3 Å². The van der Waals surface area contributed by atoms with Gasteiger partial charge in [0.25, 0.3) is 11.8 Å². The molecular formula is C15H15BrN6O7S2. The SMILES string of the molecule is CON=C(C(=O)NC1C(=O)N2C(C(=O)O)=C(COC(N)=O)CS[C@H]12)c1nc(N)sc1Br.